The first-order valence-corrected chi connectivity index (χ1v) is 6.48. The molecule has 0 saturated carbocycles. The Bertz CT molecular complexity index is 616. The maximum atomic E-state index is 9.93. The number of aryl methyl sites for hydroxylation is 1. The molecule has 0 bridgehead atoms. The van der Waals surface area contributed by atoms with Gasteiger partial charge in [0.25, 0.3) is 0 Å². The van der Waals surface area contributed by atoms with Crippen LogP contribution in [-0.4, -0.2) is 17.7 Å². The Morgan fingerprint density at radius 3 is 2.67 bits per heavy atom. The van der Waals surface area contributed by atoms with Crippen molar-refractivity contribution in [3.63, 3.8) is 0 Å². The van der Waals surface area contributed by atoms with E-state index in [4.69, 9.17) is 0 Å². The predicted molar refractivity (Wildman–Crippen MR) is 76.4 cm³/mol. The predicted octanol–water partition coefficient (Wildman–Crippen LogP) is 3.71. The molecule has 1 aliphatic heterocycles. The molecular weight excluding hydrogens is 222 g/mol. The van der Waals surface area contributed by atoms with Gasteiger partial charge >= 0.3 is 0 Å². The minimum Gasteiger partial charge on any atom is -0.507 e. The first kappa shape index (κ1) is 11.4. The fourth-order valence-electron chi connectivity index (χ4n) is 2.89. The van der Waals surface area contributed by atoms with Gasteiger partial charge in [0.1, 0.15) is 5.75 Å². The van der Waals surface area contributed by atoms with Crippen molar-refractivity contribution in [2.24, 2.45) is 0 Å². The fraction of sp³-hybridized carbons (Fsp3) is 0.375. The number of benzene rings is 2. The van der Waals surface area contributed by atoms with Crippen molar-refractivity contribution in [3.05, 3.63) is 35.9 Å². The van der Waals surface area contributed by atoms with Crippen LogP contribution in [0.2, 0.25) is 0 Å². The van der Waals surface area contributed by atoms with Gasteiger partial charge in [-0.2, -0.15) is 0 Å². The van der Waals surface area contributed by atoms with Gasteiger partial charge in [0, 0.05) is 23.7 Å². The first-order chi connectivity index (χ1) is 8.50. The number of fused-ring (bicyclic) bond motifs is 3. The van der Waals surface area contributed by atoms with Crippen LogP contribution in [-0.2, 0) is 6.42 Å². The molecule has 0 saturated heterocycles. The molecule has 0 aliphatic carbocycles. The second kappa shape index (κ2) is 3.64. The molecule has 0 unspecified atom stereocenters. The maximum absolute atomic E-state index is 9.93. The van der Waals surface area contributed by atoms with E-state index in [1.807, 2.05) is 12.1 Å². The highest BCUT2D eigenvalue weighted by Gasteiger charge is 2.30. The highest BCUT2D eigenvalue weighted by Crippen LogP contribution is 2.40. The molecule has 2 aromatic carbocycles. The van der Waals surface area contributed by atoms with E-state index in [9.17, 15) is 5.11 Å². The summed E-state index contributed by atoms with van der Waals surface area (Å²) in [6, 6.07) is 9.96. The molecule has 2 heteroatoms. The van der Waals surface area contributed by atoms with E-state index in [1.54, 1.807) is 6.07 Å². The third kappa shape index (κ3) is 1.48. The molecule has 1 N–H and O–H groups in total. The van der Waals surface area contributed by atoms with Crippen LogP contribution in [0, 0.1) is 0 Å². The highest BCUT2D eigenvalue weighted by atomic mass is 16.3. The zero-order valence-electron chi connectivity index (χ0n) is 11.2. The van der Waals surface area contributed by atoms with Crippen LogP contribution in [0.5, 0.6) is 5.75 Å². The summed E-state index contributed by atoms with van der Waals surface area (Å²) in [5.41, 5.74) is 2.87. The summed E-state index contributed by atoms with van der Waals surface area (Å²) in [7, 11) is 2.16. The topological polar surface area (TPSA) is 23.5 Å². The van der Waals surface area contributed by atoms with E-state index in [2.05, 4.69) is 37.9 Å². The number of anilines is 1. The monoisotopic (exact) mass is 241 g/mol. The van der Waals surface area contributed by atoms with Crippen LogP contribution in [0.3, 0.4) is 0 Å². The number of hydrogen-bond acceptors (Lipinski definition) is 2. The van der Waals surface area contributed by atoms with E-state index in [-0.39, 0.29) is 5.54 Å². The average molecular weight is 241 g/mol. The van der Waals surface area contributed by atoms with E-state index in [1.165, 1.54) is 16.6 Å². The number of nitrogens with zero attached hydrogens (tertiary/aromatic N) is 1. The highest BCUT2D eigenvalue weighted by molar-refractivity contribution is 5.94. The Morgan fingerprint density at radius 2 is 1.89 bits per heavy atom. The molecular formula is C16H19NO. The maximum Gasteiger partial charge on any atom is 0.123 e. The second-order valence-electron chi connectivity index (χ2n) is 5.81. The zero-order chi connectivity index (χ0) is 12.9. The SMILES string of the molecule is CN1c2ccc3c(O)cccc3c2CCC1(C)C. The van der Waals surface area contributed by atoms with Gasteiger partial charge in [0.05, 0.1) is 0 Å². The minimum atomic E-state index is 0.206. The quantitative estimate of drug-likeness (QED) is 0.760. The van der Waals surface area contributed by atoms with E-state index in [0.29, 0.717) is 5.75 Å². The van der Waals surface area contributed by atoms with Crippen molar-refractivity contribution in [2.45, 2.75) is 32.2 Å². The number of aromatic hydroxyl groups is 1. The molecule has 2 nitrogen and oxygen atoms in total. The summed E-state index contributed by atoms with van der Waals surface area (Å²) in [5.74, 6) is 0.378. The molecule has 18 heavy (non-hydrogen) atoms. The van der Waals surface area contributed by atoms with Gasteiger partial charge in [-0.05, 0) is 55.8 Å². The van der Waals surface area contributed by atoms with E-state index < -0.39 is 0 Å². The van der Waals surface area contributed by atoms with Gasteiger partial charge < -0.3 is 10.0 Å². The third-order valence-corrected chi connectivity index (χ3v) is 4.38. The molecule has 94 valence electrons. The van der Waals surface area contributed by atoms with Crippen LogP contribution in [0.25, 0.3) is 10.8 Å². The largest absolute Gasteiger partial charge is 0.507 e. The van der Waals surface area contributed by atoms with Gasteiger partial charge in [-0.25, -0.2) is 0 Å². The van der Waals surface area contributed by atoms with Crippen LogP contribution >= 0.6 is 0 Å². The molecule has 0 radical (unpaired) electrons. The van der Waals surface area contributed by atoms with Crippen LogP contribution in [0.1, 0.15) is 25.8 Å². The summed E-state index contributed by atoms with van der Waals surface area (Å²) in [6.07, 6.45) is 2.22. The lowest BCUT2D eigenvalue weighted by molar-refractivity contribution is 0.433. The van der Waals surface area contributed by atoms with Gasteiger partial charge in [0.15, 0.2) is 0 Å². The molecule has 0 atom stereocenters. The summed E-state index contributed by atoms with van der Waals surface area (Å²) in [4.78, 5) is 2.36. The molecule has 0 amide bonds. The van der Waals surface area contributed by atoms with Gasteiger partial charge in [-0.3, -0.25) is 0 Å². The third-order valence-electron chi connectivity index (χ3n) is 4.38. The Labute approximate surface area is 108 Å². The number of phenolic OH excluding ortho intramolecular Hbond substituents is 1. The Kier molecular flexibility index (Phi) is 2.31. The van der Waals surface area contributed by atoms with Gasteiger partial charge in [-0.15, -0.1) is 0 Å². The number of hydrogen-bond donors (Lipinski definition) is 1. The van der Waals surface area contributed by atoms with Crippen molar-refractivity contribution in [1.29, 1.82) is 0 Å². The summed E-state index contributed by atoms with van der Waals surface area (Å²) in [6.45, 7) is 4.56. The lowest BCUT2D eigenvalue weighted by Gasteiger charge is -2.43. The summed E-state index contributed by atoms with van der Waals surface area (Å²) < 4.78 is 0. The molecule has 3 rings (SSSR count). The molecule has 2 aromatic rings. The number of phenols is 1. The molecule has 1 heterocycles. The van der Waals surface area contributed by atoms with E-state index >= 15 is 0 Å². The summed E-state index contributed by atoms with van der Waals surface area (Å²) >= 11 is 0. The summed E-state index contributed by atoms with van der Waals surface area (Å²) in [5, 5.41) is 12.1. The van der Waals surface area contributed by atoms with Crippen molar-refractivity contribution in [1.82, 2.24) is 0 Å². The smallest absolute Gasteiger partial charge is 0.123 e. The van der Waals surface area contributed by atoms with Gasteiger partial charge in [0.2, 0.25) is 0 Å². The molecule has 0 aromatic heterocycles. The average Bonchev–Trinajstić information content (AvgIpc) is 2.34. The molecule has 1 aliphatic rings. The van der Waals surface area contributed by atoms with Crippen molar-refractivity contribution < 1.29 is 5.11 Å². The van der Waals surface area contributed by atoms with Gasteiger partial charge in [-0.1, -0.05) is 12.1 Å². The molecule has 0 fully saturated rings. The second-order valence-corrected chi connectivity index (χ2v) is 5.81. The van der Waals surface area contributed by atoms with Crippen molar-refractivity contribution in [2.75, 3.05) is 11.9 Å². The Morgan fingerprint density at radius 1 is 1.11 bits per heavy atom. The molecule has 0 spiro atoms. The minimum absolute atomic E-state index is 0.206. The lowest BCUT2D eigenvalue weighted by atomic mass is 9.85. The fourth-order valence-corrected chi connectivity index (χ4v) is 2.89. The number of rotatable bonds is 0. The van der Waals surface area contributed by atoms with Crippen LogP contribution in [0.4, 0.5) is 5.69 Å². The van der Waals surface area contributed by atoms with Crippen molar-refractivity contribution in [3.8, 4) is 5.75 Å². The Hall–Kier alpha value is -1.70. The van der Waals surface area contributed by atoms with Crippen LogP contribution in [0.15, 0.2) is 30.3 Å². The zero-order valence-corrected chi connectivity index (χ0v) is 11.2. The standard InChI is InChI=1S/C16H19NO/c1-16(2)10-9-12-11-5-4-6-15(18)13(11)7-8-14(12)17(16)3/h4-8,18H,9-10H2,1-3H3. The normalized spacial score (nSPS) is 17.8. The van der Waals surface area contributed by atoms with E-state index in [0.717, 1.165) is 18.2 Å². The lowest BCUT2D eigenvalue weighted by Crippen LogP contribution is -2.44. The van der Waals surface area contributed by atoms with Crippen molar-refractivity contribution >= 4 is 16.5 Å². The Balaban J connectivity index is 2.29. The van der Waals surface area contributed by atoms with Crippen LogP contribution < -0.4 is 4.90 Å². The first-order valence-electron chi connectivity index (χ1n) is 6.48.